The quantitative estimate of drug-likeness (QED) is 0.761. The van der Waals surface area contributed by atoms with E-state index in [4.69, 9.17) is 4.42 Å². The van der Waals surface area contributed by atoms with Crippen LogP contribution in [0.5, 0.6) is 0 Å². The molecule has 0 aliphatic heterocycles. The van der Waals surface area contributed by atoms with Gasteiger partial charge in [-0.15, -0.1) is 0 Å². The third-order valence-corrected chi connectivity index (χ3v) is 4.14. The molecule has 8 nitrogen and oxygen atoms in total. The van der Waals surface area contributed by atoms with Crippen LogP contribution in [0, 0.1) is 0 Å². The lowest BCUT2D eigenvalue weighted by Crippen LogP contribution is -2.30. The van der Waals surface area contributed by atoms with Crippen molar-refractivity contribution in [1.82, 2.24) is 19.7 Å². The highest BCUT2D eigenvalue weighted by Gasteiger charge is 2.28. The molecule has 0 bridgehead atoms. The van der Waals surface area contributed by atoms with Crippen LogP contribution in [-0.4, -0.2) is 25.7 Å². The smallest absolute Gasteiger partial charge is 0.278 e. The highest BCUT2D eigenvalue weighted by molar-refractivity contribution is 5.89. The average Bonchev–Trinajstić information content (AvgIpc) is 3.37. The highest BCUT2D eigenvalue weighted by atomic mass is 16.3. The zero-order valence-corrected chi connectivity index (χ0v) is 13.7. The zero-order chi connectivity index (χ0) is 17.4. The molecule has 3 aromatic heterocycles. The van der Waals surface area contributed by atoms with Gasteiger partial charge in [-0.05, 0) is 31.4 Å². The summed E-state index contributed by atoms with van der Waals surface area (Å²) in [5, 5.41) is 7.34. The maximum atomic E-state index is 12.7. The number of anilines is 1. The van der Waals surface area contributed by atoms with Crippen molar-refractivity contribution >= 4 is 22.8 Å². The van der Waals surface area contributed by atoms with E-state index >= 15 is 0 Å². The molecule has 4 rings (SSSR count). The number of hydrogen-bond donors (Lipinski definition) is 1. The van der Waals surface area contributed by atoms with E-state index in [-0.39, 0.29) is 18.1 Å². The Labute approximate surface area is 142 Å². The van der Waals surface area contributed by atoms with Gasteiger partial charge < -0.3 is 4.42 Å². The third-order valence-electron chi connectivity index (χ3n) is 4.14. The van der Waals surface area contributed by atoms with Crippen LogP contribution < -0.4 is 10.9 Å². The van der Waals surface area contributed by atoms with Gasteiger partial charge in [-0.25, -0.2) is 14.6 Å². The molecule has 1 aliphatic carbocycles. The minimum atomic E-state index is -0.409. The molecule has 0 atom stereocenters. The molecule has 1 fully saturated rings. The fraction of sp³-hybridized carbons (Fsp3) is 0.353. The number of fused-ring (bicyclic) bond motifs is 1. The summed E-state index contributed by atoms with van der Waals surface area (Å²) in [6, 6.07) is 3.45. The fourth-order valence-electron chi connectivity index (χ4n) is 2.73. The van der Waals surface area contributed by atoms with E-state index in [1.54, 1.807) is 12.1 Å². The molecule has 1 N–H and O–H groups in total. The minimum Gasteiger partial charge on any atom is -0.459 e. The molecule has 3 heterocycles. The summed E-state index contributed by atoms with van der Waals surface area (Å²) in [5.74, 6) is 1.02. The maximum Gasteiger partial charge on any atom is 0.278 e. The van der Waals surface area contributed by atoms with Crippen LogP contribution in [0.15, 0.2) is 33.7 Å². The maximum absolute atomic E-state index is 12.7. The number of hydrogen-bond acceptors (Lipinski definition) is 6. The number of aryl methyl sites for hydroxylation is 1. The van der Waals surface area contributed by atoms with E-state index in [9.17, 15) is 9.59 Å². The van der Waals surface area contributed by atoms with Crippen molar-refractivity contribution in [2.24, 2.45) is 0 Å². The second-order valence-electron chi connectivity index (χ2n) is 6.05. The Bertz CT molecular complexity index is 989. The van der Waals surface area contributed by atoms with Crippen molar-refractivity contribution in [1.29, 1.82) is 0 Å². The molecule has 0 radical (unpaired) electrons. The first-order chi connectivity index (χ1) is 12.2. The highest BCUT2D eigenvalue weighted by Crippen LogP contribution is 2.42. The Morgan fingerprint density at radius 2 is 2.12 bits per heavy atom. The molecule has 0 unspecified atom stereocenters. The first-order valence-electron chi connectivity index (χ1n) is 8.26. The van der Waals surface area contributed by atoms with Crippen LogP contribution in [0.1, 0.15) is 37.1 Å². The lowest BCUT2D eigenvalue weighted by atomic mass is 10.2. The predicted octanol–water partition coefficient (Wildman–Crippen LogP) is 1.86. The summed E-state index contributed by atoms with van der Waals surface area (Å²) in [5.41, 5.74) is 0.884. The van der Waals surface area contributed by atoms with Gasteiger partial charge in [0.05, 0.1) is 5.39 Å². The normalized spacial score (nSPS) is 14.0. The van der Waals surface area contributed by atoms with Gasteiger partial charge in [0.15, 0.2) is 5.58 Å². The Morgan fingerprint density at radius 3 is 2.80 bits per heavy atom. The molecule has 0 aromatic carbocycles. The third kappa shape index (κ3) is 3.02. The van der Waals surface area contributed by atoms with Crippen LogP contribution in [0.4, 0.5) is 5.95 Å². The Hall–Kier alpha value is -3.03. The van der Waals surface area contributed by atoms with Crippen LogP contribution >= 0.6 is 0 Å². The number of carbonyl (C=O) groups is 1. The van der Waals surface area contributed by atoms with Crippen molar-refractivity contribution in [2.75, 3.05) is 5.32 Å². The van der Waals surface area contributed by atoms with Crippen LogP contribution in [-0.2, 0) is 17.8 Å². The number of amides is 1. The molecule has 8 heteroatoms. The van der Waals surface area contributed by atoms with Crippen molar-refractivity contribution in [3.8, 4) is 0 Å². The molecule has 0 saturated heterocycles. The standard InChI is InChI=1S/C17H17N5O3/c1-2-12-15-11(8-13(25-15)10-4-5-10)16(24)22(21-12)9-14(23)20-17-18-6-3-7-19-17/h3,6-8,10H,2,4-5,9H2,1H3,(H,18,19,20,23). The van der Waals surface area contributed by atoms with E-state index in [0.29, 0.717) is 29.0 Å². The van der Waals surface area contributed by atoms with E-state index in [0.717, 1.165) is 18.6 Å². The number of nitrogens with zero attached hydrogens (tertiary/aromatic N) is 4. The van der Waals surface area contributed by atoms with Crippen LogP contribution in [0.3, 0.4) is 0 Å². The topological polar surface area (TPSA) is 103 Å². The van der Waals surface area contributed by atoms with Crippen LogP contribution in [0.2, 0.25) is 0 Å². The SMILES string of the molecule is CCc1nn(CC(=O)Nc2ncccn2)c(=O)c2cc(C3CC3)oc12. The second-order valence-corrected chi connectivity index (χ2v) is 6.05. The summed E-state index contributed by atoms with van der Waals surface area (Å²) >= 11 is 0. The molecule has 1 saturated carbocycles. The summed E-state index contributed by atoms with van der Waals surface area (Å²) in [4.78, 5) is 32.7. The Morgan fingerprint density at radius 1 is 1.36 bits per heavy atom. The molecule has 3 aromatic rings. The number of carbonyl (C=O) groups excluding carboxylic acids is 1. The van der Waals surface area contributed by atoms with Crippen LogP contribution in [0.25, 0.3) is 11.0 Å². The lowest BCUT2D eigenvalue weighted by Gasteiger charge is -2.07. The number of nitrogens with one attached hydrogen (secondary N) is 1. The molecule has 1 aliphatic rings. The van der Waals surface area contributed by atoms with Crippen molar-refractivity contribution in [2.45, 2.75) is 38.6 Å². The van der Waals surface area contributed by atoms with Gasteiger partial charge >= 0.3 is 0 Å². The van der Waals surface area contributed by atoms with Gasteiger partial charge in [0.2, 0.25) is 11.9 Å². The predicted molar refractivity (Wildman–Crippen MR) is 90.3 cm³/mol. The van der Waals surface area contributed by atoms with E-state index in [2.05, 4.69) is 20.4 Å². The van der Waals surface area contributed by atoms with Gasteiger partial charge in [-0.2, -0.15) is 5.10 Å². The van der Waals surface area contributed by atoms with Crippen molar-refractivity contribution < 1.29 is 9.21 Å². The Balaban J connectivity index is 1.66. The van der Waals surface area contributed by atoms with Crippen molar-refractivity contribution in [3.63, 3.8) is 0 Å². The second kappa shape index (κ2) is 6.12. The summed E-state index contributed by atoms with van der Waals surface area (Å²) in [6.45, 7) is 1.73. The number of rotatable bonds is 5. The molecular formula is C17H17N5O3. The molecule has 0 spiro atoms. The van der Waals surface area contributed by atoms with Gasteiger partial charge in [-0.3, -0.25) is 14.9 Å². The average molecular weight is 339 g/mol. The van der Waals surface area contributed by atoms with Gasteiger partial charge in [-0.1, -0.05) is 6.92 Å². The first kappa shape index (κ1) is 15.5. The summed E-state index contributed by atoms with van der Waals surface area (Å²) < 4.78 is 7.03. The van der Waals surface area contributed by atoms with Gasteiger partial charge in [0.25, 0.3) is 5.56 Å². The summed E-state index contributed by atoms with van der Waals surface area (Å²) in [7, 11) is 0. The monoisotopic (exact) mass is 339 g/mol. The molecule has 25 heavy (non-hydrogen) atoms. The molecular weight excluding hydrogens is 322 g/mol. The summed E-state index contributed by atoms with van der Waals surface area (Å²) in [6.07, 6.45) is 5.83. The van der Waals surface area contributed by atoms with Gasteiger partial charge in [0, 0.05) is 18.3 Å². The first-order valence-corrected chi connectivity index (χ1v) is 8.26. The zero-order valence-electron chi connectivity index (χ0n) is 13.7. The van der Waals surface area contributed by atoms with E-state index in [1.165, 1.54) is 17.1 Å². The Kier molecular flexibility index (Phi) is 3.79. The van der Waals surface area contributed by atoms with Gasteiger partial charge in [0.1, 0.15) is 18.0 Å². The van der Waals surface area contributed by atoms with E-state index < -0.39 is 5.91 Å². The largest absolute Gasteiger partial charge is 0.459 e. The number of furan rings is 1. The van der Waals surface area contributed by atoms with E-state index in [1.807, 2.05) is 6.92 Å². The molecule has 128 valence electrons. The minimum absolute atomic E-state index is 0.191. The fourth-order valence-corrected chi connectivity index (χ4v) is 2.73. The van der Waals surface area contributed by atoms with Crippen molar-refractivity contribution in [3.05, 3.63) is 46.3 Å². The lowest BCUT2D eigenvalue weighted by molar-refractivity contribution is -0.117. The number of aromatic nitrogens is 4. The molecule has 1 amide bonds.